The van der Waals surface area contributed by atoms with Gasteiger partial charge in [0, 0.05) is 6.54 Å². The fourth-order valence-corrected chi connectivity index (χ4v) is 5.24. The molecule has 1 heterocycles. The second-order valence-corrected chi connectivity index (χ2v) is 10.1. The predicted molar refractivity (Wildman–Crippen MR) is 153 cm³/mol. The summed E-state index contributed by atoms with van der Waals surface area (Å²) in [5.41, 5.74) is 7.62. The lowest BCUT2D eigenvalue weighted by molar-refractivity contribution is 0.187. The molecule has 1 N–H and O–H groups in total. The number of likely N-dealkylation sites (tertiary alicyclic amines) is 1. The highest BCUT2D eigenvalue weighted by atomic mass is 19.1. The highest BCUT2D eigenvalue weighted by Crippen LogP contribution is 2.45. The number of nitrogens with zero attached hydrogens (tertiary/aromatic N) is 1. The summed E-state index contributed by atoms with van der Waals surface area (Å²) in [5, 5.41) is 2.88. The zero-order valence-corrected chi connectivity index (χ0v) is 22.4. The number of rotatable bonds is 4. The van der Waals surface area contributed by atoms with Gasteiger partial charge in [0.1, 0.15) is 5.82 Å². The smallest absolute Gasteiger partial charge is 0.123 e. The van der Waals surface area contributed by atoms with Gasteiger partial charge in [0.15, 0.2) is 0 Å². The number of allylic oxidation sites excluding steroid dienone is 6. The molecular weight excluding hydrogens is 443 g/mol. The summed E-state index contributed by atoms with van der Waals surface area (Å²) in [6.07, 6.45) is 17.6. The van der Waals surface area contributed by atoms with Gasteiger partial charge in [-0.05, 0) is 113 Å². The fourth-order valence-electron chi connectivity index (χ4n) is 5.24. The van der Waals surface area contributed by atoms with E-state index in [0.717, 1.165) is 24.9 Å². The minimum Gasteiger partial charge on any atom is -0.392 e. The van der Waals surface area contributed by atoms with Gasteiger partial charge in [-0.15, -0.1) is 0 Å². The van der Waals surface area contributed by atoms with Gasteiger partial charge in [-0.25, -0.2) is 4.39 Å². The number of halogens is 1. The van der Waals surface area contributed by atoms with E-state index < -0.39 is 0 Å². The molecule has 3 heteroatoms. The molecule has 0 unspecified atom stereocenters. The number of piperidine rings is 1. The normalized spacial score (nSPS) is 17.9. The van der Waals surface area contributed by atoms with E-state index in [1.54, 1.807) is 17.3 Å². The van der Waals surface area contributed by atoms with Crippen LogP contribution in [0.4, 0.5) is 4.39 Å². The number of hydrogen-bond donors (Lipinski definition) is 1. The third-order valence-corrected chi connectivity index (χ3v) is 7.44. The van der Waals surface area contributed by atoms with Crippen LogP contribution in [0.15, 0.2) is 96.8 Å². The predicted octanol–water partition coefficient (Wildman–Crippen LogP) is 7.54. The third kappa shape index (κ3) is 8.06. The van der Waals surface area contributed by atoms with Crippen LogP contribution < -0.4 is 5.32 Å². The third-order valence-electron chi connectivity index (χ3n) is 7.44. The molecule has 0 aromatic heterocycles. The molecule has 1 saturated heterocycles. The Bertz CT molecular complexity index is 1050. The summed E-state index contributed by atoms with van der Waals surface area (Å²) in [6.45, 7) is 11.1. The van der Waals surface area contributed by atoms with Crippen LogP contribution in [0.2, 0.25) is 0 Å². The van der Waals surface area contributed by atoms with Crippen LogP contribution >= 0.6 is 0 Å². The van der Waals surface area contributed by atoms with Gasteiger partial charge in [-0.1, -0.05) is 78.4 Å². The number of aryl methyl sites for hydroxylation is 1. The molecule has 1 fully saturated rings. The first kappa shape index (κ1) is 27.7. The van der Waals surface area contributed by atoms with Crippen LogP contribution in [0, 0.1) is 5.82 Å². The molecule has 36 heavy (non-hydrogen) atoms. The molecule has 0 atom stereocenters. The van der Waals surface area contributed by atoms with Gasteiger partial charge < -0.3 is 10.2 Å². The molecule has 0 radical (unpaired) electrons. The monoisotopic (exact) mass is 486 g/mol. The number of nitrogens with one attached hydrogen (secondary N) is 1. The summed E-state index contributed by atoms with van der Waals surface area (Å²) in [6, 6.07) is 15.8. The number of fused-ring (bicyclic) bond motifs is 2. The lowest BCUT2D eigenvalue weighted by Gasteiger charge is -2.38. The van der Waals surface area contributed by atoms with E-state index in [9.17, 15) is 4.39 Å². The average Bonchev–Trinajstić information content (AvgIpc) is 3.11. The Morgan fingerprint density at radius 1 is 1.03 bits per heavy atom. The first-order valence-corrected chi connectivity index (χ1v) is 13.3. The molecular formula is C33H43FN2. The van der Waals surface area contributed by atoms with Crippen LogP contribution in [-0.4, -0.2) is 31.6 Å². The zero-order chi connectivity index (χ0) is 25.8. The quantitative estimate of drug-likeness (QED) is 0.480. The van der Waals surface area contributed by atoms with Gasteiger partial charge in [0.2, 0.25) is 0 Å². The van der Waals surface area contributed by atoms with Crippen LogP contribution in [0.1, 0.15) is 56.2 Å². The summed E-state index contributed by atoms with van der Waals surface area (Å²) in [7, 11) is 2.24. The second-order valence-electron chi connectivity index (χ2n) is 10.1. The summed E-state index contributed by atoms with van der Waals surface area (Å²) in [5.74, 6) is -0.172. The maximum Gasteiger partial charge on any atom is 0.123 e. The Morgan fingerprint density at radius 2 is 1.75 bits per heavy atom. The molecule has 1 spiro atoms. The van der Waals surface area contributed by atoms with Gasteiger partial charge >= 0.3 is 0 Å². The fraction of sp³-hybridized carbons (Fsp3) is 0.394. The van der Waals surface area contributed by atoms with E-state index in [0.29, 0.717) is 5.41 Å². The van der Waals surface area contributed by atoms with E-state index in [1.807, 2.05) is 19.1 Å². The van der Waals surface area contributed by atoms with E-state index in [-0.39, 0.29) is 5.82 Å². The Morgan fingerprint density at radius 3 is 2.42 bits per heavy atom. The average molecular weight is 487 g/mol. The van der Waals surface area contributed by atoms with Crippen LogP contribution in [0.5, 0.6) is 0 Å². The van der Waals surface area contributed by atoms with Crippen molar-refractivity contribution in [3.8, 4) is 0 Å². The van der Waals surface area contributed by atoms with Crippen molar-refractivity contribution in [3.63, 3.8) is 0 Å². The second kappa shape index (κ2) is 14.0. The molecule has 0 saturated carbocycles. The topological polar surface area (TPSA) is 15.3 Å². The lowest BCUT2D eigenvalue weighted by atomic mass is 9.74. The van der Waals surface area contributed by atoms with Crippen LogP contribution in [-0.2, 0) is 18.3 Å². The van der Waals surface area contributed by atoms with Crippen molar-refractivity contribution in [2.75, 3.05) is 26.7 Å². The highest BCUT2D eigenvalue weighted by molar-refractivity contribution is 5.39. The van der Waals surface area contributed by atoms with Crippen LogP contribution in [0.25, 0.3) is 0 Å². The Labute approximate surface area is 218 Å². The maximum atomic E-state index is 12.7. The molecule has 3 aliphatic rings. The Hall–Kier alpha value is -2.91. The number of hydrogen-bond acceptors (Lipinski definition) is 2. The molecule has 2 nitrogen and oxygen atoms in total. The Balaban J connectivity index is 0.000000170. The van der Waals surface area contributed by atoms with Crippen molar-refractivity contribution in [1.29, 1.82) is 0 Å². The molecule has 0 bridgehead atoms. The van der Waals surface area contributed by atoms with Crippen LogP contribution in [0.3, 0.4) is 0 Å². The van der Waals surface area contributed by atoms with Crippen molar-refractivity contribution in [3.05, 3.63) is 119 Å². The minimum atomic E-state index is -0.172. The van der Waals surface area contributed by atoms with Crippen molar-refractivity contribution in [2.24, 2.45) is 0 Å². The largest absolute Gasteiger partial charge is 0.392 e. The van der Waals surface area contributed by atoms with E-state index in [2.05, 4.69) is 79.3 Å². The van der Waals surface area contributed by atoms with E-state index in [1.165, 1.54) is 62.1 Å². The van der Waals surface area contributed by atoms with Gasteiger partial charge in [0.05, 0.1) is 0 Å². The van der Waals surface area contributed by atoms with Crippen molar-refractivity contribution < 1.29 is 4.39 Å². The summed E-state index contributed by atoms with van der Waals surface area (Å²) < 4.78 is 12.7. The van der Waals surface area contributed by atoms with Crippen molar-refractivity contribution in [1.82, 2.24) is 10.2 Å². The van der Waals surface area contributed by atoms with Gasteiger partial charge in [-0.3, -0.25) is 0 Å². The zero-order valence-electron chi connectivity index (χ0n) is 22.4. The number of benzene rings is 2. The van der Waals surface area contributed by atoms with Gasteiger partial charge in [0.25, 0.3) is 0 Å². The molecule has 0 amide bonds. The first-order chi connectivity index (χ1) is 17.5. The molecule has 192 valence electrons. The standard InChI is InChI=1S/C15H15F.C14H19N.C4H9N/c1-12-3-2-4-13(6-5-12)11-14-7-9-15(16)10-8-14;1-15-10-8-14(9-11-15)7-6-12-4-2-3-5-13(12)14;1-3-5-4-2/h2-3,5-10H,4,11H2,1H3;2-5H,6-11H2,1H3;3,5H,1,4H2,2H3. The first-order valence-electron chi connectivity index (χ1n) is 13.3. The Kier molecular flexibility index (Phi) is 10.8. The summed E-state index contributed by atoms with van der Waals surface area (Å²) in [4.78, 5) is 2.46. The minimum absolute atomic E-state index is 0.172. The summed E-state index contributed by atoms with van der Waals surface area (Å²) >= 11 is 0. The molecule has 2 aliphatic carbocycles. The van der Waals surface area contributed by atoms with Gasteiger partial charge in [-0.2, -0.15) is 0 Å². The lowest BCUT2D eigenvalue weighted by Crippen LogP contribution is -2.39. The maximum absolute atomic E-state index is 12.7. The molecule has 1 aliphatic heterocycles. The van der Waals surface area contributed by atoms with E-state index >= 15 is 0 Å². The SMILES string of the molecule is C=CNCC.CC1=CC=C(Cc2ccc(F)cc2)CC=C1.CN1CCC2(CCc3ccccc32)CC1. The van der Waals surface area contributed by atoms with Crippen molar-refractivity contribution >= 4 is 0 Å². The molecule has 5 rings (SSSR count). The van der Waals surface area contributed by atoms with Crippen molar-refractivity contribution in [2.45, 2.75) is 57.8 Å². The van der Waals surface area contributed by atoms with E-state index in [4.69, 9.17) is 0 Å². The highest BCUT2D eigenvalue weighted by Gasteiger charge is 2.40. The molecule has 2 aromatic rings. The molecule has 2 aromatic carbocycles.